The normalized spacial score (nSPS) is 14.5. The molecule has 6 heteroatoms. The minimum Gasteiger partial charge on any atom is -0.448 e. The lowest BCUT2D eigenvalue weighted by Crippen LogP contribution is -2.38. The summed E-state index contributed by atoms with van der Waals surface area (Å²) in [7, 11) is 0. The highest BCUT2D eigenvalue weighted by molar-refractivity contribution is 5.67. The van der Waals surface area contributed by atoms with E-state index >= 15 is 0 Å². The number of rotatable bonds is 40. The maximum atomic E-state index is 12.4. The summed E-state index contributed by atoms with van der Waals surface area (Å²) in [5, 5.41) is 2.94. The van der Waals surface area contributed by atoms with Gasteiger partial charge in [0.15, 0.2) is 0 Å². The number of nitrogens with zero attached hydrogens (tertiary/aromatic N) is 1. The van der Waals surface area contributed by atoms with Gasteiger partial charge in [0.05, 0.1) is 12.7 Å². The molecule has 0 aromatic heterocycles. The van der Waals surface area contributed by atoms with Crippen LogP contribution < -0.4 is 5.32 Å². The third kappa shape index (κ3) is 37.3. The van der Waals surface area contributed by atoms with Crippen LogP contribution in [0.2, 0.25) is 0 Å². The van der Waals surface area contributed by atoms with Gasteiger partial charge in [-0.05, 0) is 90.1 Å². The fourth-order valence-corrected chi connectivity index (χ4v) is 7.13. The van der Waals surface area contributed by atoms with Crippen molar-refractivity contribution >= 4 is 6.09 Å². The van der Waals surface area contributed by atoms with Crippen LogP contribution in [0.4, 0.5) is 4.79 Å². The van der Waals surface area contributed by atoms with Gasteiger partial charge in [-0.3, -0.25) is 4.90 Å². The number of alkyl carbamates (subject to hydrolysis) is 1. The Morgan fingerprint density at radius 3 is 1.47 bits per heavy atom. The summed E-state index contributed by atoms with van der Waals surface area (Å²) < 4.78 is 17.8. The molecule has 1 aliphatic heterocycles. The fraction of sp³-hybridized carbons (Fsp3) is 0.894. The molecule has 0 radical (unpaired) electrons. The molecule has 1 unspecified atom stereocenters. The zero-order valence-electron chi connectivity index (χ0n) is 35.5. The standard InChI is InChI=1S/C47H90N2O4/c1-3-5-7-9-11-13-15-17-19-21-23-25-27-29-31-36-41-51-45-46(44-48-47(50)53-43-40-49-38-34-33-35-39-49)52-42-37-32-30-28-26-24-22-20-18-16-14-12-10-8-6-4-2/h17-20,46H,3-16,21-45H2,1-2H3,(H,48,50). The molecule has 1 rings (SSSR count). The quantitative estimate of drug-likeness (QED) is 0.0500. The number of likely N-dealkylation sites (tertiary alicyclic amines) is 1. The molecule has 0 aromatic rings. The van der Waals surface area contributed by atoms with Crippen molar-refractivity contribution in [3.05, 3.63) is 24.3 Å². The third-order valence-electron chi connectivity index (χ3n) is 10.7. The van der Waals surface area contributed by atoms with Crippen LogP contribution in [-0.2, 0) is 14.2 Å². The number of piperidine rings is 1. The molecule has 0 aromatic carbocycles. The first kappa shape index (κ1) is 49.6. The van der Waals surface area contributed by atoms with Gasteiger partial charge in [0.25, 0.3) is 0 Å². The van der Waals surface area contributed by atoms with Gasteiger partial charge in [0.2, 0.25) is 0 Å². The predicted molar refractivity (Wildman–Crippen MR) is 229 cm³/mol. The number of hydrogen-bond donors (Lipinski definition) is 1. The van der Waals surface area contributed by atoms with E-state index in [4.69, 9.17) is 14.2 Å². The molecule has 53 heavy (non-hydrogen) atoms. The summed E-state index contributed by atoms with van der Waals surface area (Å²) in [5.74, 6) is 0. The fourth-order valence-electron chi connectivity index (χ4n) is 7.13. The first-order valence-electron chi connectivity index (χ1n) is 23.4. The largest absolute Gasteiger partial charge is 0.448 e. The number of carbonyl (C=O) groups is 1. The maximum absolute atomic E-state index is 12.4. The van der Waals surface area contributed by atoms with Gasteiger partial charge in [0, 0.05) is 26.3 Å². The second-order valence-corrected chi connectivity index (χ2v) is 15.9. The van der Waals surface area contributed by atoms with Crippen LogP contribution in [0, 0.1) is 0 Å². The van der Waals surface area contributed by atoms with Gasteiger partial charge >= 0.3 is 6.09 Å². The van der Waals surface area contributed by atoms with Crippen LogP contribution in [0.25, 0.3) is 0 Å². The third-order valence-corrected chi connectivity index (χ3v) is 10.7. The van der Waals surface area contributed by atoms with Crippen LogP contribution in [-0.4, -0.2) is 69.7 Å². The summed E-state index contributed by atoms with van der Waals surface area (Å²) in [4.78, 5) is 14.8. The lowest BCUT2D eigenvalue weighted by atomic mass is 10.1. The van der Waals surface area contributed by atoms with Crippen molar-refractivity contribution in [2.75, 3.05) is 52.6 Å². The summed E-state index contributed by atoms with van der Waals surface area (Å²) in [6.07, 6.45) is 49.5. The van der Waals surface area contributed by atoms with Gasteiger partial charge in [-0.2, -0.15) is 0 Å². The summed E-state index contributed by atoms with van der Waals surface area (Å²) in [6, 6.07) is 0. The Labute approximate surface area is 330 Å². The Morgan fingerprint density at radius 2 is 0.981 bits per heavy atom. The SMILES string of the molecule is CCCCCCCCC=CCCCCCCCCOCC(CNC(=O)OCCN1CCCCC1)OCCCCCCCCC=CCCCCCCCC. The van der Waals surface area contributed by atoms with Crippen LogP contribution in [0.5, 0.6) is 0 Å². The van der Waals surface area contributed by atoms with Gasteiger partial charge in [-0.15, -0.1) is 0 Å². The Balaban J connectivity index is 2.12. The van der Waals surface area contributed by atoms with Crippen molar-refractivity contribution < 1.29 is 19.0 Å². The first-order chi connectivity index (χ1) is 26.3. The molecule has 0 bridgehead atoms. The first-order valence-corrected chi connectivity index (χ1v) is 23.4. The molecule has 0 spiro atoms. The Kier molecular flexibility index (Phi) is 39.1. The molecule has 1 amide bonds. The molecule has 1 atom stereocenters. The molecule has 1 fully saturated rings. The molecule has 1 heterocycles. The monoisotopic (exact) mass is 747 g/mol. The van der Waals surface area contributed by atoms with E-state index in [-0.39, 0.29) is 12.2 Å². The van der Waals surface area contributed by atoms with E-state index < -0.39 is 0 Å². The van der Waals surface area contributed by atoms with Crippen LogP contribution in [0.1, 0.15) is 213 Å². The van der Waals surface area contributed by atoms with Crippen molar-refractivity contribution in [2.24, 2.45) is 0 Å². The van der Waals surface area contributed by atoms with Crippen molar-refractivity contribution in [2.45, 2.75) is 219 Å². The number of unbranched alkanes of at least 4 members (excludes halogenated alkanes) is 24. The van der Waals surface area contributed by atoms with Crippen LogP contribution in [0.3, 0.4) is 0 Å². The van der Waals surface area contributed by atoms with Crippen LogP contribution >= 0.6 is 0 Å². The molecule has 0 aliphatic carbocycles. The van der Waals surface area contributed by atoms with E-state index in [1.165, 1.54) is 186 Å². The van der Waals surface area contributed by atoms with Crippen molar-refractivity contribution in [1.29, 1.82) is 0 Å². The number of allylic oxidation sites excluding steroid dienone is 4. The molecule has 6 nitrogen and oxygen atoms in total. The minimum absolute atomic E-state index is 0.137. The second-order valence-electron chi connectivity index (χ2n) is 15.9. The zero-order valence-corrected chi connectivity index (χ0v) is 35.5. The molecule has 312 valence electrons. The number of nitrogens with one attached hydrogen (secondary N) is 1. The highest BCUT2D eigenvalue weighted by Crippen LogP contribution is 2.13. The summed E-state index contributed by atoms with van der Waals surface area (Å²) in [6.45, 7) is 10.5. The Hall–Kier alpha value is -1.37. The van der Waals surface area contributed by atoms with E-state index in [0.717, 1.165) is 45.7 Å². The molecule has 1 N–H and O–H groups in total. The average Bonchev–Trinajstić information content (AvgIpc) is 3.17. The Bertz CT molecular complexity index is 797. The minimum atomic E-state index is -0.346. The Morgan fingerprint density at radius 1 is 0.547 bits per heavy atom. The topological polar surface area (TPSA) is 60.0 Å². The smallest absolute Gasteiger partial charge is 0.407 e. The summed E-state index contributed by atoms with van der Waals surface area (Å²) >= 11 is 0. The van der Waals surface area contributed by atoms with Gasteiger partial charge in [0.1, 0.15) is 6.61 Å². The molecule has 0 saturated carbocycles. The highest BCUT2D eigenvalue weighted by atomic mass is 16.6. The van der Waals surface area contributed by atoms with Crippen LogP contribution in [0.15, 0.2) is 24.3 Å². The van der Waals surface area contributed by atoms with E-state index in [9.17, 15) is 4.79 Å². The van der Waals surface area contributed by atoms with Crippen molar-refractivity contribution in [3.63, 3.8) is 0 Å². The van der Waals surface area contributed by atoms with Gasteiger partial charge < -0.3 is 19.5 Å². The molecular formula is C47H90N2O4. The number of carbonyl (C=O) groups excluding carboxylic acids is 1. The molecular weight excluding hydrogens is 657 g/mol. The van der Waals surface area contributed by atoms with E-state index in [0.29, 0.717) is 19.8 Å². The molecule has 1 saturated heterocycles. The van der Waals surface area contributed by atoms with Gasteiger partial charge in [-0.25, -0.2) is 4.79 Å². The number of amides is 1. The summed E-state index contributed by atoms with van der Waals surface area (Å²) in [5.41, 5.74) is 0. The van der Waals surface area contributed by atoms with Gasteiger partial charge in [-0.1, -0.05) is 160 Å². The predicted octanol–water partition coefficient (Wildman–Crippen LogP) is 13.7. The highest BCUT2D eigenvalue weighted by Gasteiger charge is 2.14. The lowest BCUT2D eigenvalue weighted by molar-refractivity contribution is -0.0176. The van der Waals surface area contributed by atoms with E-state index in [1.807, 2.05) is 0 Å². The number of ether oxygens (including phenoxy) is 3. The lowest BCUT2D eigenvalue weighted by Gasteiger charge is -2.26. The number of hydrogen-bond acceptors (Lipinski definition) is 5. The molecule has 1 aliphatic rings. The maximum Gasteiger partial charge on any atom is 0.407 e. The van der Waals surface area contributed by atoms with E-state index in [1.54, 1.807) is 0 Å². The van der Waals surface area contributed by atoms with Crippen molar-refractivity contribution in [1.82, 2.24) is 10.2 Å². The second kappa shape index (κ2) is 41.8. The average molecular weight is 747 g/mol. The van der Waals surface area contributed by atoms with E-state index in [2.05, 4.69) is 48.4 Å². The zero-order chi connectivity index (χ0) is 38.0. The van der Waals surface area contributed by atoms with Crippen molar-refractivity contribution in [3.8, 4) is 0 Å².